The first-order valence-corrected chi connectivity index (χ1v) is 8.20. The molecular formula is C11H19NO2S2. The van der Waals surface area contributed by atoms with Gasteiger partial charge in [-0.1, -0.05) is 13.0 Å². The second kappa shape index (κ2) is 6.37. The van der Waals surface area contributed by atoms with Crippen LogP contribution in [0.25, 0.3) is 0 Å². The van der Waals surface area contributed by atoms with Gasteiger partial charge in [0.2, 0.25) is 0 Å². The van der Waals surface area contributed by atoms with Crippen LogP contribution in [0.2, 0.25) is 0 Å². The van der Waals surface area contributed by atoms with Gasteiger partial charge >= 0.3 is 0 Å². The molecule has 5 heteroatoms. The van der Waals surface area contributed by atoms with Gasteiger partial charge in [0.05, 0.1) is 5.75 Å². The molecule has 0 radical (unpaired) electrons. The number of nitrogens with one attached hydrogen (secondary N) is 1. The number of rotatable bonds is 7. The van der Waals surface area contributed by atoms with Crippen molar-refractivity contribution in [1.82, 2.24) is 5.32 Å². The van der Waals surface area contributed by atoms with Crippen LogP contribution in [0.3, 0.4) is 0 Å². The Morgan fingerprint density at radius 2 is 2.25 bits per heavy atom. The molecule has 3 nitrogen and oxygen atoms in total. The summed E-state index contributed by atoms with van der Waals surface area (Å²) in [5, 5.41) is 5.30. The van der Waals surface area contributed by atoms with Crippen LogP contribution in [0.1, 0.15) is 18.7 Å². The van der Waals surface area contributed by atoms with Crippen molar-refractivity contribution in [1.29, 1.82) is 0 Å². The molecule has 0 bridgehead atoms. The third-order valence-electron chi connectivity index (χ3n) is 2.43. The molecule has 1 aromatic heterocycles. The lowest BCUT2D eigenvalue weighted by atomic mass is 10.2. The van der Waals surface area contributed by atoms with Gasteiger partial charge in [-0.05, 0) is 24.8 Å². The molecule has 0 spiro atoms. The highest BCUT2D eigenvalue weighted by atomic mass is 32.2. The molecule has 0 aliphatic heterocycles. The van der Waals surface area contributed by atoms with Gasteiger partial charge in [-0.3, -0.25) is 0 Å². The van der Waals surface area contributed by atoms with Gasteiger partial charge in [0.1, 0.15) is 0 Å². The Bertz CT molecular complexity index is 384. The maximum atomic E-state index is 11.3. The van der Waals surface area contributed by atoms with E-state index < -0.39 is 9.84 Å². The molecule has 92 valence electrons. The topological polar surface area (TPSA) is 46.2 Å². The lowest BCUT2D eigenvalue weighted by molar-refractivity contribution is 0.557. The van der Waals surface area contributed by atoms with Gasteiger partial charge in [0.15, 0.2) is 9.84 Å². The van der Waals surface area contributed by atoms with E-state index in [9.17, 15) is 8.42 Å². The summed E-state index contributed by atoms with van der Waals surface area (Å²) in [4.78, 5) is 1.33. The van der Waals surface area contributed by atoms with Crippen LogP contribution in [0.4, 0.5) is 0 Å². The minimum absolute atomic E-state index is 0.230. The summed E-state index contributed by atoms with van der Waals surface area (Å²) >= 11 is 1.74. The van der Waals surface area contributed by atoms with Crippen molar-refractivity contribution in [2.24, 2.45) is 0 Å². The van der Waals surface area contributed by atoms with E-state index in [0.717, 1.165) is 6.42 Å². The highest BCUT2D eigenvalue weighted by molar-refractivity contribution is 7.91. The van der Waals surface area contributed by atoms with E-state index in [1.54, 1.807) is 18.3 Å². The average molecular weight is 261 g/mol. The van der Waals surface area contributed by atoms with Gasteiger partial charge in [-0.25, -0.2) is 8.42 Å². The van der Waals surface area contributed by atoms with E-state index >= 15 is 0 Å². The van der Waals surface area contributed by atoms with Crippen molar-refractivity contribution in [3.63, 3.8) is 0 Å². The molecule has 0 saturated heterocycles. The van der Waals surface area contributed by atoms with Crippen LogP contribution in [0.15, 0.2) is 17.5 Å². The maximum absolute atomic E-state index is 11.3. The Morgan fingerprint density at radius 1 is 1.50 bits per heavy atom. The Balaban J connectivity index is 2.23. The fourth-order valence-corrected chi connectivity index (χ4v) is 2.96. The van der Waals surface area contributed by atoms with Gasteiger partial charge in [0.25, 0.3) is 0 Å². The molecule has 0 aliphatic rings. The zero-order valence-corrected chi connectivity index (χ0v) is 11.4. The van der Waals surface area contributed by atoms with Crippen molar-refractivity contribution in [2.75, 3.05) is 18.1 Å². The molecule has 16 heavy (non-hydrogen) atoms. The van der Waals surface area contributed by atoms with Crippen LogP contribution in [0.5, 0.6) is 0 Å². The molecule has 0 fully saturated rings. The Morgan fingerprint density at radius 3 is 2.81 bits per heavy atom. The second-order valence-electron chi connectivity index (χ2n) is 3.88. The molecule has 0 aliphatic carbocycles. The largest absolute Gasteiger partial charge is 0.313 e. The summed E-state index contributed by atoms with van der Waals surface area (Å²) in [7, 11) is -2.84. The molecule has 1 N–H and O–H groups in total. The van der Waals surface area contributed by atoms with Crippen molar-refractivity contribution < 1.29 is 8.42 Å². The summed E-state index contributed by atoms with van der Waals surface area (Å²) < 4.78 is 22.5. The second-order valence-corrected chi connectivity index (χ2v) is 7.38. The number of sulfone groups is 1. The van der Waals surface area contributed by atoms with Crippen molar-refractivity contribution in [3.05, 3.63) is 22.4 Å². The van der Waals surface area contributed by atoms with Gasteiger partial charge in [0, 0.05) is 23.2 Å². The van der Waals surface area contributed by atoms with Crippen LogP contribution in [0, 0.1) is 0 Å². The summed E-state index contributed by atoms with van der Waals surface area (Å²) in [5.41, 5.74) is 0. The Hall–Kier alpha value is -0.390. The van der Waals surface area contributed by atoms with E-state index in [1.807, 2.05) is 6.07 Å². The molecular weight excluding hydrogens is 242 g/mol. The number of hydrogen-bond acceptors (Lipinski definition) is 4. The zero-order chi connectivity index (χ0) is 12.0. The third-order valence-corrected chi connectivity index (χ3v) is 5.04. The Kier molecular flexibility index (Phi) is 5.44. The fourth-order valence-electron chi connectivity index (χ4n) is 1.41. The average Bonchev–Trinajstić information content (AvgIpc) is 2.70. The van der Waals surface area contributed by atoms with Crippen LogP contribution in [-0.2, 0) is 16.3 Å². The first kappa shape index (κ1) is 13.7. The summed E-state index contributed by atoms with van der Waals surface area (Å²) in [6.45, 7) is 4.31. The number of hydrogen-bond donors (Lipinski definition) is 1. The highest BCUT2D eigenvalue weighted by Crippen LogP contribution is 2.10. The van der Waals surface area contributed by atoms with Crippen molar-refractivity contribution in [2.45, 2.75) is 26.3 Å². The molecule has 1 unspecified atom stereocenters. The quantitative estimate of drug-likeness (QED) is 0.812. The fraction of sp³-hybridized carbons (Fsp3) is 0.636. The SMILES string of the molecule is CCS(=O)(=O)CCNC(C)Cc1cccs1. The Labute approximate surface area is 102 Å². The molecule has 0 amide bonds. The predicted octanol–water partition coefficient (Wildman–Crippen LogP) is 1.70. The smallest absolute Gasteiger partial charge is 0.151 e. The first-order valence-electron chi connectivity index (χ1n) is 5.49. The van der Waals surface area contributed by atoms with E-state index in [0.29, 0.717) is 12.6 Å². The van der Waals surface area contributed by atoms with Gasteiger partial charge < -0.3 is 5.32 Å². The molecule has 1 aromatic rings. The predicted molar refractivity (Wildman–Crippen MR) is 69.8 cm³/mol. The summed E-state index contributed by atoms with van der Waals surface area (Å²) in [5.74, 6) is 0.465. The monoisotopic (exact) mass is 261 g/mol. The standard InChI is InChI=1S/C11H19NO2S2/c1-3-16(13,14)8-6-12-10(2)9-11-5-4-7-15-11/h4-5,7,10,12H,3,6,8-9H2,1-2H3. The van der Waals surface area contributed by atoms with Crippen LogP contribution in [-0.4, -0.2) is 32.5 Å². The van der Waals surface area contributed by atoms with Crippen LogP contribution >= 0.6 is 11.3 Å². The highest BCUT2D eigenvalue weighted by Gasteiger charge is 2.08. The minimum Gasteiger partial charge on any atom is -0.313 e. The lowest BCUT2D eigenvalue weighted by Crippen LogP contribution is -2.32. The lowest BCUT2D eigenvalue weighted by Gasteiger charge is -2.12. The molecule has 0 aromatic carbocycles. The zero-order valence-electron chi connectivity index (χ0n) is 9.77. The van der Waals surface area contributed by atoms with E-state index in [-0.39, 0.29) is 11.5 Å². The molecule has 1 heterocycles. The number of thiophene rings is 1. The maximum Gasteiger partial charge on any atom is 0.151 e. The van der Waals surface area contributed by atoms with Crippen LogP contribution < -0.4 is 5.32 Å². The summed E-state index contributed by atoms with van der Waals surface area (Å²) in [6.07, 6.45) is 0.962. The first-order chi connectivity index (χ1) is 7.53. The van der Waals surface area contributed by atoms with E-state index in [2.05, 4.69) is 23.7 Å². The minimum atomic E-state index is -2.84. The molecule has 0 saturated carbocycles. The van der Waals surface area contributed by atoms with Crippen molar-refractivity contribution in [3.8, 4) is 0 Å². The molecule has 1 atom stereocenters. The van der Waals surface area contributed by atoms with E-state index in [1.165, 1.54) is 4.88 Å². The normalized spacial score (nSPS) is 13.9. The summed E-state index contributed by atoms with van der Waals surface area (Å²) in [6, 6.07) is 4.46. The van der Waals surface area contributed by atoms with Gasteiger partial charge in [-0.15, -0.1) is 11.3 Å². The van der Waals surface area contributed by atoms with Crippen molar-refractivity contribution >= 4 is 21.2 Å². The third kappa shape index (κ3) is 5.09. The van der Waals surface area contributed by atoms with E-state index in [4.69, 9.17) is 0 Å². The molecule has 1 rings (SSSR count). The van der Waals surface area contributed by atoms with Gasteiger partial charge in [-0.2, -0.15) is 0 Å².